The fourth-order valence-corrected chi connectivity index (χ4v) is 0.542. The maximum Gasteiger partial charge on any atom is 0.0929 e. The number of rotatable bonds is 2. The summed E-state index contributed by atoms with van der Waals surface area (Å²) in [5, 5.41) is 10.7. The summed E-state index contributed by atoms with van der Waals surface area (Å²) in [6, 6.07) is 0. The second-order valence-corrected chi connectivity index (χ2v) is 2.81. The van der Waals surface area contributed by atoms with Crippen LogP contribution in [0.2, 0.25) is 0 Å². The van der Waals surface area contributed by atoms with Gasteiger partial charge >= 0.3 is 0 Å². The molecule has 0 amide bonds. The molecule has 8 heavy (non-hydrogen) atoms. The van der Waals surface area contributed by atoms with Crippen LogP contribution in [0.1, 0.15) is 27.7 Å². The van der Waals surface area contributed by atoms with Crippen LogP contribution in [0.15, 0.2) is 0 Å². The molecule has 0 aliphatic rings. The largest absolute Gasteiger partial charge is 0.233 e. The fourth-order valence-electron chi connectivity index (χ4n) is 0.542. The van der Waals surface area contributed by atoms with Gasteiger partial charge in [0.25, 0.3) is 0 Å². The van der Waals surface area contributed by atoms with Gasteiger partial charge in [-0.05, 0) is 18.8 Å². The first-order chi connectivity index (χ1) is 3.55. The zero-order valence-electron chi connectivity index (χ0n) is 6.14. The van der Waals surface area contributed by atoms with Gasteiger partial charge in [-0.15, -0.1) is 0 Å². The lowest BCUT2D eigenvalue weighted by molar-refractivity contribution is 0.0409. The van der Waals surface area contributed by atoms with Gasteiger partial charge in [-0.25, -0.2) is 5.11 Å². The lowest BCUT2D eigenvalue weighted by atomic mass is 9.93. The fraction of sp³-hybridized carbons (Fsp3) is 1.00. The topological polar surface area (TPSA) is 19.9 Å². The van der Waals surface area contributed by atoms with Gasteiger partial charge in [0.2, 0.25) is 0 Å². The predicted molar refractivity (Wildman–Crippen MR) is 34.2 cm³/mol. The van der Waals surface area contributed by atoms with Crippen molar-refractivity contribution in [3.05, 3.63) is 0 Å². The monoisotopic (exact) mass is 115 g/mol. The predicted octanol–water partition coefficient (Wildman–Crippen LogP) is 2.10. The van der Waals surface area contributed by atoms with Crippen molar-refractivity contribution >= 4 is 0 Å². The highest BCUT2D eigenvalue weighted by molar-refractivity contribution is 4.61. The molecule has 49 valence electrons. The molecule has 0 saturated carbocycles. The summed E-state index contributed by atoms with van der Waals surface area (Å²) >= 11 is 0. The van der Waals surface area contributed by atoms with Crippen LogP contribution in [0.25, 0.3) is 0 Å². The van der Waals surface area contributed by atoms with E-state index in [2.05, 4.69) is 13.8 Å². The molecule has 1 nitrogen and oxygen atoms in total. The number of hydrogen-bond acceptors (Lipinski definition) is 0. The molecule has 2 unspecified atom stereocenters. The summed E-state index contributed by atoms with van der Waals surface area (Å²) < 4.78 is 0. The zero-order valence-corrected chi connectivity index (χ0v) is 6.14. The van der Waals surface area contributed by atoms with E-state index in [9.17, 15) is 5.11 Å². The summed E-state index contributed by atoms with van der Waals surface area (Å²) in [6.07, 6.45) is -0.407. The van der Waals surface area contributed by atoms with Crippen LogP contribution in [-0.2, 0) is 5.11 Å². The standard InChI is InChI=1S/C7H15O/c1-5(2)6(3)7(4)8/h5-7H,1-4H3. The van der Waals surface area contributed by atoms with Gasteiger partial charge < -0.3 is 0 Å². The number of hydrogen-bond donors (Lipinski definition) is 0. The van der Waals surface area contributed by atoms with Gasteiger partial charge in [-0.2, -0.15) is 0 Å². The molecule has 1 radical (unpaired) electrons. The summed E-state index contributed by atoms with van der Waals surface area (Å²) in [4.78, 5) is 0. The molecule has 0 spiro atoms. The second kappa shape index (κ2) is 3.08. The Balaban J connectivity index is 3.46. The molecule has 0 heterocycles. The van der Waals surface area contributed by atoms with Crippen molar-refractivity contribution in [1.82, 2.24) is 0 Å². The molecule has 0 bridgehead atoms. The Hall–Kier alpha value is -0.0400. The molecule has 0 aromatic rings. The van der Waals surface area contributed by atoms with Crippen LogP contribution in [0, 0.1) is 11.8 Å². The molecule has 0 fully saturated rings. The first-order valence-electron chi connectivity index (χ1n) is 3.21. The molecule has 0 N–H and O–H groups in total. The molecular formula is C7H15O. The van der Waals surface area contributed by atoms with Crippen molar-refractivity contribution in [2.45, 2.75) is 33.8 Å². The first kappa shape index (κ1) is 7.96. The zero-order chi connectivity index (χ0) is 6.73. The summed E-state index contributed by atoms with van der Waals surface area (Å²) in [5.74, 6) is 0.845. The van der Waals surface area contributed by atoms with Gasteiger partial charge in [0.15, 0.2) is 0 Å². The molecule has 0 aromatic carbocycles. The normalized spacial score (nSPS) is 18.8. The molecular weight excluding hydrogens is 100 g/mol. The van der Waals surface area contributed by atoms with Crippen molar-refractivity contribution < 1.29 is 5.11 Å². The van der Waals surface area contributed by atoms with Gasteiger partial charge in [0.1, 0.15) is 0 Å². The van der Waals surface area contributed by atoms with Gasteiger partial charge in [-0.1, -0.05) is 20.8 Å². The highest BCUT2D eigenvalue weighted by Crippen LogP contribution is 2.13. The minimum Gasteiger partial charge on any atom is -0.233 e. The van der Waals surface area contributed by atoms with Gasteiger partial charge in [0, 0.05) is 0 Å². The van der Waals surface area contributed by atoms with Crippen LogP contribution in [0.5, 0.6) is 0 Å². The van der Waals surface area contributed by atoms with Gasteiger partial charge in [-0.3, -0.25) is 0 Å². The third-order valence-corrected chi connectivity index (χ3v) is 1.79. The summed E-state index contributed by atoms with van der Waals surface area (Å²) in [5.41, 5.74) is 0. The maximum atomic E-state index is 10.7. The van der Waals surface area contributed by atoms with E-state index in [0.29, 0.717) is 11.8 Å². The van der Waals surface area contributed by atoms with Crippen molar-refractivity contribution in [3.8, 4) is 0 Å². The molecule has 1 heteroatoms. The van der Waals surface area contributed by atoms with E-state index in [1.807, 2.05) is 6.92 Å². The van der Waals surface area contributed by atoms with Crippen LogP contribution in [-0.4, -0.2) is 6.10 Å². The Bertz CT molecular complexity index is 49.4. The first-order valence-corrected chi connectivity index (χ1v) is 3.21. The summed E-state index contributed by atoms with van der Waals surface area (Å²) in [6.45, 7) is 7.89. The van der Waals surface area contributed by atoms with Crippen LogP contribution >= 0.6 is 0 Å². The Labute approximate surface area is 51.7 Å². The van der Waals surface area contributed by atoms with Crippen LogP contribution < -0.4 is 0 Å². The van der Waals surface area contributed by atoms with E-state index in [1.165, 1.54) is 0 Å². The van der Waals surface area contributed by atoms with Crippen molar-refractivity contribution in [2.75, 3.05) is 0 Å². The molecule has 2 atom stereocenters. The molecule has 0 saturated heterocycles. The third kappa shape index (κ3) is 2.31. The second-order valence-electron chi connectivity index (χ2n) is 2.81. The lowest BCUT2D eigenvalue weighted by Crippen LogP contribution is -2.16. The Morgan fingerprint density at radius 3 is 1.38 bits per heavy atom. The minimum absolute atomic E-state index is 0.315. The van der Waals surface area contributed by atoms with Crippen LogP contribution in [0.4, 0.5) is 0 Å². The lowest BCUT2D eigenvalue weighted by Gasteiger charge is -2.15. The van der Waals surface area contributed by atoms with Crippen molar-refractivity contribution in [1.29, 1.82) is 0 Å². The SMILES string of the molecule is CC(C)C(C)C(C)[O]. The highest BCUT2D eigenvalue weighted by atomic mass is 16.3. The molecule has 0 aromatic heterocycles. The average molecular weight is 115 g/mol. The Morgan fingerprint density at radius 1 is 1.00 bits per heavy atom. The third-order valence-electron chi connectivity index (χ3n) is 1.79. The van der Waals surface area contributed by atoms with E-state index in [1.54, 1.807) is 6.92 Å². The smallest absolute Gasteiger partial charge is 0.0929 e. The van der Waals surface area contributed by atoms with E-state index >= 15 is 0 Å². The molecule has 0 aliphatic carbocycles. The Morgan fingerprint density at radius 2 is 1.38 bits per heavy atom. The van der Waals surface area contributed by atoms with Gasteiger partial charge in [0.05, 0.1) is 6.10 Å². The van der Waals surface area contributed by atoms with Crippen molar-refractivity contribution in [2.24, 2.45) is 11.8 Å². The highest BCUT2D eigenvalue weighted by Gasteiger charge is 2.13. The Kier molecular flexibility index (Phi) is 3.06. The van der Waals surface area contributed by atoms with Crippen molar-refractivity contribution in [3.63, 3.8) is 0 Å². The van der Waals surface area contributed by atoms with Crippen LogP contribution in [0.3, 0.4) is 0 Å². The minimum atomic E-state index is -0.407. The average Bonchev–Trinajstić information content (AvgIpc) is 1.64. The molecule has 0 aliphatic heterocycles. The van der Waals surface area contributed by atoms with E-state index in [0.717, 1.165) is 0 Å². The van der Waals surface area contributed by atoms with E-state index in [4.69, 9.17) is 0 Å². The molecule has 0 rings (SSSR count). The quantitative estimate of drug-likeness (QED) is 0.525. The van der Waals surface area contributed by atoms with E-state index in [-0.39, 0.29) is 0 Å². The summed E-state index contributed by atoms with van der Waals surface area (Å²) in [7, 11) is 0. The van der Waals surface area contributed by atoms with E-state index < -0.39 is 6.10 Å². The maximum absolute atomic E-state index is 10.7.